The molecular weight excluding hydrogens is 248 g/mol. The molecular formula is C17H28N2O. The van der Waals surface area contributed by atoms with Crippen molar-refractivity contribution in [3.63, 3.8) is 0 Å². The van der Waals surface area contributed by atoms with E-state index in [2.05, 4.69) is 54.4 Å². The second kappa shape index (κ2) is 8.40. The third-order valence-corrected chi connectivity index (χ3v) is 4.09. The van der Waals surface area contributed by atoms with E-state index in [0.717, 1.165) is 39.3 Å². The van der Waals surface area contributed by atoms with E-state index in [9.17, 15) is 0 Å². The van der Waals surface area contributed by atoms with Gasteiger partial charge in [-0.05, 0) is 24.9 Å². The lowest BCUT2D eigenvalue weighted by atomic mass is 10.0. The zero-order valence-corrected chi connectivity index (χ0v) is 12.8. The summed E-state index contributed by atoms with van der Waals surface area (Å²) in [5.41, 5.74) is 1.41. The van der Waals surface area contributed by atoms with Gasteiger partial charge in [0.05, 0.1) is 13.2 Å². The highest BCUT2D eigenvalue weighted by Gasteiger charge is 2.28. The first-order valence-corrected chi connectivity index (χ1v) is 7.96. The van der Waals surface area contributed by atoms with E-state index in [1.54, 1.807) is 0 Å². The van der Waals surface area contributed by atoms with Crippen LogP contribution in [-0.4, -0.2) is 43.8 Å². The molecule has 1 aliphatic heterocycles. The second-order valence-electron chi connectivity index (χ2n) is 5.51. The summed E-state index contributed by atoms with van der Waals surface area (Å²) >= 11 is 0. The van der Waals surface area contributed by atoms with Gasteiger partial charge < -0.3 is 10.1 Å². The van der Waals surface area contributed by atoms with Crippen LogP contribution in [0.4, 0.5) is 0 Å². The molecule has 0 bridgehead atoms. The van der Waals surface area contributed by atoms with Gasteiger partial charge in [0.1, 0.15) is 0 Å². The number of nitrogens with one attached hydrogen (secondary N) is 1. The van der Waals surface area contributed by atoms with Crippen molar-refractivity contribution in [3.8, 4) is 0 Å². The van der Waals surface area contributed by atoms with Crippen molar-refractivity contribution < 1.29 is 4.74 Å². The summed E-state index contributed by atoms with van der Waals surface area (Å²) in [5, 5.41) is 3.59. The first-order valence-electron chi connectivity index (χ1n) is 7.96. The third-order valence-electron chi connectivity index (χ3n) is 4.09. The van der Waals surface area contributed by atoms with E-state index in [-0.39, 0.29) is 0 Å². The molecule has 2 atom stereocenters. The highest BCUT2D eigenvalue weighted by molar-refractivity contribution is 5.20. The number of rotatable bonds is 7. The molecule has 0 aromatic heterocycles. The number of benzene rings is 1. The molecule has 2 rings (SSSR count). The maximum Gasteiger partial charge on any atom is 0.0622 e. The molecule has 1 aliphatic rings. The Morgan fingerprint density at radius 1 is 1.30 bits per heavy atom. The van der Waals surface area contributed by atoms with Crippen LogP contribution in [0.3, 0.4) is 0 Å². The van der Waals surface area contributed by atoms with Crippen molar-refractivity contribution >= 4 is 0 Å². The Labute approximate surface area is 123 Å². The number of hydrogen-bond donors (Lipinski definition) is 1. The largest absolute Gasteiger partial charge is 0.378 e. The van der Waals surface area contributed by atoms with E-state index in [4.69, 9.17) is 4.74 Å². The van der Waals surface area contributed by atoms with E-state index >= 15 is 0 Å². The minimum Gasteiger partial charge on any atom is -0.378 e. The topological polar surface area (TPSA) is 24.5 Å². The average Bonchev–Trinajstić information content (AvgIpc) is 2.52. The van der Waals surface area contributed by atoms with Crippen LogP contribution >= 0.6 is 0 Å². The normalized spacial score (nSPS) is 21.8. The molecule has 1 fully saturated rings. The summed E-state index contributed by atoms with van der Waals surface area (Å²) < 4.78 is 5.65. The van der Waals surface area contributed by atoms with Crippen LogP contribution in [0.25, 0.3) is 0 Å². The minimum atomic E-state index is 0.455. The fourth-order valence-corrected chi connectivity index (χ4v) is 2.95. The molecule has 0 spiro atoms. The summed E-state index contributed by atoms with van der Waals surface area (Å²) in [4.78, 5) is 2.63. The molecule has 0 radical (unpaired) electrons. The lowest BCUT2D eigenvalue weighted by Gasteiger charge is -2.41. The first-order chi connectivity index (χ1) is 9.86. The molecule has 0 aliphatic carbocycles. The predicted octanol–water partition coefficient (Wildman–Crippen LogP) is 2.84. The van der Waals surface area contributed by atoms with E-state index < -0.39 is 0 Å². The van der Waals surface area contributed by atoms with Gasteiger partial charge >= 0.3 is 0 Å². The van der Waals surface area contributed by atoms with Crippen LogP contribution in [0.2, 0.25) is 0 Å². The minimum absolute atomic E-state index is 0.455. The van der Waals surface area contributed by atoms with Gasteiger partial charge in [0.25, 0.3) is 0 Å². The third kappa shape index (κ3) is 4.05. The fourth-order valence-electron chi connectivity index (χ4n) is 2.95. The molecule has 112 valence electrons. The molecule has 0 saturated carbocycles. The molecule has 0 amide bonds. The zero-order valence-electron chi connectivity index (χ0n) is 12.8. The van der Waals surface area contributed by atoms with Crippen LogP contribution in [0.5, 0.6) is 0 Å². The number of nitrogens with zero attached hydrogens (tertiary/aromatic N) is 1. The Kier molecular flexibility index (Phi) is 6.51. The summed E-state index contributed by atoms with van der Waals surface area (Å²) in [6.07, 6.45) is 2.33. The fraction of sp³-hybridized carbons (Fsp3) is 0.647. The van der Waals surface area contributed by atoms with Gasteiger partial charge in [-0.2, -0.15) is 0 Å². The summed E-state index contributed by atoms with van der Waals surface area (Å²) in [6, 6.07) is 11.9. The van der Waals surface area contributed by atoms with Crippen LogP contribution in [0.1, 0.15) is 38.3 Å². The zero-order chi connectivity index (χ0) is 14.2. The van der Waals surface area contributed by atoms with Crippen LogP contribution < -0.4 is 5.32 Å². The van der Waals surface area contributed by atoms with Gasteiger partial charge in [0, 0.05) is 25.2 Å². The smallest absolute Gasteiger partial charge is 0.0622 e. The number of morpholine rings is 1. The van der Waals surface area contributed by atoms with Crippen molar-refractivity contribution in [2.75, 3.05) is 32.8 Å². The Morgan fingerprint density at radius 3 is 2.80 bits per heavy atom. The van der Waals surface area contributed by atoms with Gasteiger partial charge in [-0.15, -0.1) is 0 Å². The van der Waals surface area contributed by atoms with Crippen LogP contribution in [-0.2, 0) is 4.74 Å². The van der Waals surface area contributed by atoms with Crippen molar-refractivity contribution in [1.82, 2.24) is 10.2 Å². The highest BCUT2D eigenvalue weighted by Crippen LogP contribution is 2.25. The molecule has 20 heavy (non-hydrogen) atoms. The standard InChI is InChI=1S/C17H28N2O/c1-3-10-18-13-17(15-8-6-5-7-9-15)19-11-12-20-14-16(19)4-2/h5-9,16-18H,3-4,10-14H2,1-2H3. The molecule has 1 aromatic rings. The van der Waals surface area contributed by atoms with Gasteiger partial charge in [-0.1, -0.05) is 44.2 Å². The van der Waals surface area contributed by atoms with Crippen molar-refractivity contribution in [2.45, 2.75) is 38.8 Å². The Hall–Kier alpha value is -0.900. The van der Waals surface area contributed by atoms with Gasteiger partial charge in [-0.3, -0.25) is 4.90 Å². The molecule has 1 heterocycles. The van der Waals surface area contributed by atoms with E-state index in [1.807, 2.05) is 0 Å². The predicted molar refractivity (Wildman–Crippen MR) is 83.9 cm³/mol. The van der Waals surface area contributed by atoms with E-state index in [0.29, 0.717) is 12.1 Å². The maximum atomic E-state index is 5.65. The van der Waals surface area contributed by atoms with Gasteiger partial charge in [0.15, 0.2) is 0 Å². The number of hydrogen-bond acceptors (Lipinski definition) is 3. The summed E-state index contributed by atoms with van der Waals surface area (Å²) in [5.74, 6) is 0. The maximum absolute atomic E-state index is 5.65. The molecule has 1 N–H and O–H groups in total. The molecule has 1 aromatic carbocycles. The Bertz CT molecular complexity index is 369. The van der Waals surface area contributed by atoms with Crippen molar-refractivity contribution in [1.29, 1.82) is 0 Å². The summed E-state index contributed by atoms with van der Waals surface area (Å²) in [6.45, 7) is 9.34. The summed E-state index contributed by atoms with van der Waals surface area (Å²) in [7, 11) is 0. The van der Waals surface area contributed by atoms with Gasteiger partial charge in [-0.25, -0.2) is 0 Å². The highest BCUT2D eigenvalue weighted by atomic mass is 16.5. The monoisotopic (exact) mass is 276 g/mol. The van der Waals surface area contributed by atoms with E-state index in [1.165, 1.54) is 12.0 Å². The Balaban J connectivity index is 2.12. The first kappa shape index (κ1) is 15.5. The lowest BCUT2D eigenvalue weighted by molar-refractivity contribution is -0.0306. The van der Waals surface area contributed by atoms with Gasteiger partial charge in [0.2, 0.25) is 0 Å². The SMILES string of the molecule is CCCNCC(c1ccccc1)N1CCOCC1CC. The van der Waals surface area contributed by atoms with Crippen molar-refractivity contribution in [2.24, 2.45) is 0 Å². The molecule has 3 heteroatoms. The average molecular weight is 276 g/mol. The Morgan fingerprint density at radius 2 is 2.10 bits per heavy atom. The van der Waals surface area contributed by atoms with Crippen LogP contribution in [0.15, 0.2) is 30.3 Å². The molecule has 2 unspecified atom stereocenters. The second-order valence-corrected chi connectivity index (χ2v) is 5.51. The molecule has 3 nitrogen and oxygen atoms in total. The molecule has 1 saturated heterocycles. The van der Waals surface area contributed by atoms with Crippen LogP contribution in [0, 0.1) is 0 Å². The lowest BCUT2D eigenvalue weighted by Crippen LogP contribution is -2.49. The quantitative estimate of drug-likeness (QED) is 0.775. The van der Waals surface area contributed by atoms with Crippen molar-refractivity contribution in [3.05, 3.63) is 35.9 Å². The number of ether oxygens (including phenoxy) is 1.